The molecule has 0 radical (unpaired) electrons. The molecule has 0 saturated carbocycles. The maximum absolute atomic E-state index is 12.7. The number of carbonyl (C=O) groups excluding carboxylic acids is 1. The molecular weight excluding hydrogens is 316 g/mol. The van der Waals surface area contributed by atoms with Gasteiger partial charge in [-0.25, -0.2) is 9.97 Å². The lowest BCUT2D eigenvalue weighted by Gasteiger charge is -2.36. The summed E-state index contributed by atoms with van der Waals surface area (Å²) in [5.74, 6) is 0.0506. The minimum Gasteiger partial charge on any atom is -0.368 e. The predicted molar refractivity (Wildman–Crippen MR) is 95.6 cm³/mol. The van der Waals surface area contributed by atoms with E-state index in [9.17, 15) is 4.79 Å². The lowest BCUT2D eigenvalue weighted by molar-refractivity contribution is 0.0735. The molecule has 1 amide bonds. The topological polar surface area (TPSA) is 67.2 Å². The molecule has 7 heteroatoms. The van der Waals surface area contributed by atoms with Crippen LogP contribution in [0.25, 0.3) is 10.9 Å². The molecule has 1 aliphatic heterocycles. The van der Waals surface area contributed by atoms with Gasteiger partial charge in [-0.2, -0.15) is 5.10 Å². The molecular formula is C18H20N6O. The Morgan fingerprint density at radius 2 is 1.92 bits per heavy atom. The van der Waals surface area contributed by atoms with Crippen LogP contribution in [0, 0.1) is 6.92 Å². The molecule has 0 spiro atoms. The van der Waals surface area contributed by atoms with Crippen molar-refractivity contribution >= 4 is 22.5 Å². The average molecular weight is 336 g/mol. The third-order valence-corrected chi connectivity index (χ3v) is 4.64. The van der Waals surface area contributed by atoms with E-state index in [1.54, 1.807) is 11.0 Å². The number of amides is 1. The molecule has 1 aromatic carbocycles. The SMILES string of the molecule is Cc1cc(C(=O)N2CCN(c3ccc4ncncc4c3)CC2)n(C)n1. The van der Waals surface area contributed by atoms with E-state index in [0.717, 1.165) is 35.4 Å². The fraction of sp³-hybridized carbons (Fsp3) is 0.333. The summed E-state index contributed by atoms with van der Waals surface area (Å²) in [5, 5.41) is 5.30. The molecule has 7 nitrogen and oxygen atoms in total. The van der Waals surface area contributed by atoms with Crippen molar-refractivity contribution in [3.63, 3.8) is 0 Å². The fourth-order valence-electron chi connectivity index (χ4n) is 3.31. The van der Waals surface area contributed by atoms with E-state index in [1.165, 1.54) is 0 Å². The first-order valence-corrected chi connectivity index (χ1v) is 8.36. The summed E-state index contributed by atoms with van der Waals surface area (Å²) in [4.78, 5) is 25.2. The van der Waals surface area contributed by atoms with Crippen LogP contribution in [0.2, 0.25) is 0 Å². The molecule has 0 atom stereocenters. The van der Waals surface area contributed by atoms with Gasteiger partial charge in [-0.15, -0.1) is 0 Å². The Bertz CT molecular complexity index is 926. The summed E-state index contributed by atoms with van der Waals surface area (Å²) in [7, 11) is 1.81. The van der Waals surface area contributed by atoms with Crippen LogP contribution >= 0.6 is 0 Å². The third kappa shape index (κ3) is 2.93. The maximum Gasteiger partial charge on any atom is 0.272 e. The number of fused-ring (bicyclic) bond motifs is 1. The first-order valence-electron chi connectivity index (χ1n) is 8.36. The minimum atomic E-state index is 0.0506. The van der Waals surface area contributed by atoms with Crippen LogP contribution in [-0.2, 0) is 7.05 Å². The lowest BCUT2D eigenvalue weighted by Crippen LogP contribution is -2.49. The van der Waals surface area contributed by atoms with Gasteiger partial charge in [-0.1, -0.05) is 0 Å². The molecule has 1 saturated heterocycles. The van der Waals surface area contributed by atoms with Crippen molar-refractivity contribution in [1.29, 1.82) is 0 Å². The van der Waals surface area contributed by atoms with Gasteiger partial charge < -0.3 is 9.80 Å². The van der Waals surface area contributed by atoms with Crippen LogP contribution in [0.3, 0.4) is 0 Å². The summed E-state index contributed by atoms with van der Waals surface area (Å²) in [6.45, 7) is 4.92. The molecule has 25 heavy (non-hydrogen) atoms. The molecule has 3 aromatic rings. The molecule has 0 N–H and O–H groups in total. The molecule has 0 unspecified atom stereocenters. The minimum absolute atomic E-state index is 0.0506. The Morgan fingerprint density at radius 1 is 1.12 bits per heavy atom. The third-order valence-electron chi connectivity index (χ3n) is 4.64. The quantitative estimate of drug-likeness (QED) is 0.712. The summed E-state index contributed by atoms with van der Waals surface area (Å²) >= 11 is 0. The highest BCUT2D eigenvalue weighted by Gasteiger charge is 2.24. The number of piperazine rings is 1. The van der Waals surface area contributed by atoms with Gasteiger partial charge in [0.1, 0.15) is 12.0 Å². The zero-order valence-corrected chi connectivity index (χ0v) is 14.4. The number of aromatic nitrogens is 4. The normalized spacial score (nSPS) is 15.0. The van der Waals surface area contributed by atoms with Crippen molar-refractivity contribution in [3.05, 3.63) is 48.2 Å². The Hall–Kier alpha value is -2.96. The van der Waals surface area contributed by atoms with Crippen LogP contribution in [0.5, 0.6) is 0 Å². The van der Waals surface area contributed by atoms with Crippen LogP contribution in [0.15, 0.2) is 36.8 Å². The van der Waals surface area contributed by atoms with E-state index < -0.39 is 0 Å². The van der Waals surface area contributed by atoms with Crippen LogP contribution < -0.4 is 4.90 Å². The second kappa shape index (κ2) is 6.16. The Labute approximate surface area is 145 Å². The van der Waals surface area contributed by atoms with E-state index in [0.29, 0.717) is 18.8 Å². The van der Waals surface area contributed by atoms with Gasteiger partial charge in [-0.05, 0) is 31.2 Å². The highest BCUT2D eigenvalue weighted by atomic mass is 16.2. The van der Waals surface area contributed by atoms with Gasteiger partial charge >= 0.3 is 0 Å². The van der Waals surface area contributed by atoms with Crippen molar-refractivity contribution in [3.8, 4) is 0 Å². The Balaban J connectivity index is 1.47. The second-order valence-electron chi connectivity index (χ2n) is 6.34. The molecule has 3 heterocycles. The van der Waals surface area contributed by atoms with Gasteiger partial charge in [0, 0.05) is 50.5 Å². The number of benzene rings is 1. The molecule has 1 fully saturated rings. The van der Waals surface area contributed by atoms with Crippen molar-refractivity contribution < 1.29 is 4.79 Å². The molecule has 2 aromatic heterocycles. The Morgan fingerprint density at radius 3 is 2.64 bits per heavy atom. The van der Waals surface area contributed by atoms with Crippen LogP contribution in [0.4, 0.5) is 5.69 Å². The highest BCUT2D eigenvalue weighted by molar-refractivity contribution is 5.93. The molecule has 128 valence electrons. The smallest absolute Gasteiger partial charge is 0.272 e. The van der Waals surface area contributed by atoms with E-state index in [4.69, 9.17) is 0 Å². The van der Waals surface area contributed by atoms with Crippen molar-refractivity contribution in [2.75, 3.05) is 31.1 Å². The zero-order valence-electron chi connectivity index (χ0n) is 14.4. The maximum atomic E-state index is 12.7. The molecule has 1 aliphatic rings. The first kappa shape index (κ1) is 15.6. The summed E-state index contributed by atoms with van der Waals surface area (Å²) < 4.78 is 1.66. The van der Waals surface area contributed by atoms with Gasteiger partial charge in [0.15, 0.2) is 0 Å². The van der Waals surface area contributed by atoms with E-state index >= 15 is 0 Å². The summed E-state index contributed by atoms with van der Waals surface area (Å²) in [6, 6.07) is 8.05. The first-order chi connectivity index (χ1) is 12.1. The van der Waals surface area contributed by atoms with Gasteiger partial charge in [0.05, 0.1) is 11.2 Å². The van der Waals surface area contributed by atoms with Crippen LogP contribution in [-0.4, -0.2) is 56.7 Å². The standard InChI is InChI=1S/C18H20N6O/c1-13-9-17(22(2)21-13)18(25)24-7-5-23(6-8-24)15-3-4-16-14(10-15)11-19-12-20-16/h3-4,9-12H,5-8H2,1-2H3. The average Bonchev–Trinajstić information content (AvgIpc) is 2.99. The lowest BCUT2D eigenvalue weighted by atomic mass is 10.2. The van der Waals surface area contributed by atoms with Gasteiger partial charge in [-0.3, -0.25) is 9.48 Å². The monoisotopic (exact) mass is 336 g/mol. The number of aryl methyl sites for hydroxylation is 2. The largest absolute Gasteiger partial charge is 0.368 e. The van der Waals surface area contributed by atoms with E-state index in [2.05, 4.69) is 32.1 Å². The summed E-state index contributed by atoms with van der Waals surface area (Å²) in [5.41, 5.74) is 3.60. The molecule has 4 rings (SSSR count). The number of hydrogen-bond donors (Lipinski definition) is 0. The number of hydrogen-bond acceptors (Lipinski definition) is 5. The van der Waals surface area contributed by atoms with E-state index in [-0.39, 0.29) is 5.91 Å². The molecule has 0 bridgehead atoms. The van der Waals surface area contributed by atoms with Crippen molar-refractivity contribution in [2.24, 2.45) is 7.05 Å². The fourth-order valence-corrected chi connectivity index (χ4v) is 3.31. The zero-order chi connectivity index (χ0) is 17.4. The number of anilines is 1. The predicted octanol–water partition coefficient (Wildman–Crippen LogP) is 1.63. The Kier molecular flexibility index (Phi) is 3.83. The summed E-state index contributed by atoms with van der Waals surface area (Å²) in [6.07, 6.45) is 3.39. The number of nitrogens with zero attached hydrogens (tertiary/aromatic N) is 6. The van der Waals surface area contributed by atoms with Gasteiger partial charge in [0.2, 0.25) is 0 Å². The highest BCUT2D eigenvalue weighted by Crippen LogP contribution is 2.22. The second-order valence-corrected chi connectivity index (χ2v) is 6.34. The van der Waals surface area contributed by atoms with Crippen molar-refractivity contribution in [1.82, 2.24) is 24.6 Å². The van der Waals surface area contributed by atoms with Crippen molar-refractivity contribution in [2.45, 2.75) is 6.92 Å². The number of carbonyl (C=O) groups is 1. The van der Waals surface area contributed by atoms with E-state index in [1.807, 2.05) is 37.2 Å². The van der Waals surface area contributed by atoms with Crippen LogP contribution in [0.1, 0.15) is 16.2 Å². The number of rotatable bonds is 2. The molecule has 0 aliphatic carbocycles. The van der Waals surface area contributed by atoms with Gasteiger partial charge in [0.25, 0.3) is 5.91 Å².